The van der Waals surface area contributed by atoms with E-state index in [4.69, 9.17) is 15.2 Å². The van der Waals surface area contributed by atoms with Crippen molar-refractivity contribution in [1.82, 2.24) is 59.9 Å². The standard InChI is InChI=1S/C23H25IN6O2.C23H27N7O2/c2*1-29-21-17(8-7-16-13-25-23(24)27-19(16)21)20(28-29)22(31)26-18(15-5-3-2-4-6-15)14-30-9-11-32-12-10-30/h2-6,13,18H,7-12,14H2,1H3,(H,26,31);2-6,13,18H,7-12,14H2,1H3,(H,26,31)(H2,24,25,27)/t2*18-/m11/s1. The molecule has 2 aliphatic heterocycles. The van der Waals surface area contributed by atoms with Gasteiger partial charge < -0.3 is 25.8 Å². The van der Waals surface area contributed by atoms with Crippen LogP contribution in [0.5, 0.6) is 0 Å². The SMILES string of the molecule is Cn1nc(C(=O)N[C@H](CN2CCOCC2)c2ccccc2)c2c1-c1nc(I)ncc1CC2.Cn1nc(C(=O)N[C@H](CN2CCOCC2)c2ccccc2)c2c1-c1nc(N)ncc1CC2. The summed E-state index contributed by atoms with van der Waals surface area (Å²) in [5.74, 6) is -0.0935. The van der Waals surface area contributed by atoms with Crippen molar-refractivity contribution in [3.05, 3.63) is 122 Å². The summed E-state index contributed by atoms with van der Waals surface area (Å²) < 4.78 is 15.2. The summed E-state index contributed by atoms with van der Waals surface area (Å²) in [4.78, 5) is 49.1. The highest BCUT2D eigenvalue weighted by molar-refractivity contribution is 14.1. The van der Waals surface area contributed by atoms with Crippen LogP contribution in [0, 0.1) is 3.83 Å². The fourth-order valence-corrected chi connectivity index (χ4v) is 9.42. The molecule has 0 unspecified atom stereocenters. The number of amides is 2. The van der Waals surface area contributed by atoms with E-state index in [1.807, 2.05) is 56.7 Å². The van der Waals surface area contributed by atoms with Gasteiger partial charge in [-0.25, -0.2) is 19.9 Å². The average Bonchev–Trinajstić information content (AvgIpc) is 3.86. The van der Waals surface area contributed by atoms with Gasteiger partial charge in [0.2, 0.25) is 5.95 Å². The number of anilines is 1. The molecular weight excluding hydrogens is 925 g/mol. The molecule has 2 amide bonds. The molecule has 2 aromatic carbocycles. The van der Waals surface area contributed by atoms with Gasteiger partial charge in [0, 0.05) is 99.5 Å². The molecule has 0 spiro atoms. The van der Waals surface area contributed by atoms with Crippen LogP contribution in [0.3, 0.4) is 0 Å². The summed E-state index contributed by atoms with van der Waals surface area (Å²) in [6, 6.07) is 19.9. The zero-order chi connectivity index (χ0) is 44.2. The van der Waals surface area contributed by atoms with E-state index in [1.54, 1.807) is 15.6 Å². The van der Waals surface area contributed by atoms with Crippen LogP contribution in [0.15, 0.2) is 73.1 Å². The number of nitrogens with two attached hydrogens (primary N) is 1. The molecule has 0 saturated carbocycles. The number of hydrogen-bond acceptors (Lipinski definition) is 13. The smallest absolute Gasteiger partial charge is 0.272 e. The molecule has 2 fully saturated rings. The number of nitrogens with one attached hydrogen (secondary N) is 2. The van der Waals surface area contributed by atoms with Crippen molar-refractivity contribution < 1.29 is 19.1 Å². The number of benzene rings is 2. The predicted molar refractivity (Wildman–Crippen MR) is 248 cm³/mol. The third-order valence-electron chi connectivity index (χ3n) is 12.3. The van der Waals surface area contributed by atoms with Crippen LogP contribution in [0.4, 0.5) is 5.95 Å². The van der Waals surface area contributed by atoms with E-state index in [-0.39, 0.29) is 29.8 Å². The molecule has 4 N–H and O–H groups in total. The first-order valence-corrected chi connectivity index (χ1v) is 22.8. The van der Waals surface area contributed by atoms with Crippen LogP contribution in [-0.4, -0.2) is 127 Å². The van der Waals surface area contributed by atoms with Crippen LogP contribution >= 0.6 is 22.6 Å². The van der Waals surface area contributed by atoms with Crippen LogP contribution in [0.1, 0.15) is 66.4 Å². The summed E-state index contributed by atoms with van der Waals surface area (Å²) in [5.41, 5.74) is 16.3. The number of carbonyl (C=O) groups excluding carboxylic acids is 2. The Morgan fingerprint density at radius 2 is 1.09 bits per heavy atom. The Kier molecular flexibility index (Phi) is 13.3. The number of morpholine rings is 2. The quantitative estimate of drug-likeness (QED) is 0.133. The molecule has 17 nitrogen and oxygen atoms in total. The first-order chi connectivity index (χ1) is 31.2. The maximum absolute atomic E-state index is 13.5. The second kappa shape index (κ2) is 19.6. The second-order valence-electron chi connectivity index (χ2n) is 16.4. The van der Waals surface area contributed by atoms with E-state index in [0.717, 1.165) is 128 Å². The number of nitrogen functional groups attached to an aromatic ring is 1. The van der Waals surface area contributed by atoms with Gasteiger partial charge in [0.15, 0.2) is 15.2 Å². The van der Waals surface area contributed by atoms with Gasteiger partial charge in [0.05, 0.1) is 61.3 Å². The number of carbonyl (C=O) groups is 2. The van der Waals surface area contributed by atoms with Gasteiger partial charge in [0.1, 0.15) is 0 Å². The predicted octanol–water partition coefficient (Wildman–Crippen LogP) is 3.74. The molecule has 64 heavy (non-hydrogen) atoms. The highest BCUT2D eigenvalue weighted by Gasteiger charge is 2.32. The number of aryl methyl sites for hydroxylation is 4. The number of fused-ring (bicyclic) bond motifs is 6. The maximum Gasteiger partial charge on any atom is 0.272 e. The Morgan fingerprint density at radius 1 is 0.656 bits per heavy atom. The molecule has 18 heteroatoms. The lowest BCUT2D eigenvalue weighted by atomic mass is 9.93. The fraction of sp³-hybridized carbons (Fsp3) is 0.391. The van der Waals surface area contributed by atoms with Crippen molar-refractivity contribution in [1.29, 1.82) is 0 Å². The van der Waals surface area contributed by atoms with Gasteiger partial charge in [-0.05, 0) is 47.9 Å². The minimum atomic E-state index is -0.172. The lowest BCUT2D eigenvalue weighted by Gasteiger charge is -2.31. The Labute approximate surface area is 385 Å². The number of aromatic nitrogens is 8. The summed E-state index contributed by atoms with van der Waals surface area (Å²) in [5, 5.41) is 15.7. The Hall–Kier alpha value is -5.67. The van der Waals surface area contributed by atoms with Crippen molar-refractivity contribution in [2.24, 2.45) is 14.1 Å². The molecule has 0 radical (unpaired) electrons. The molecular formula is C46H52IN13O4. The number of rotatable bonds is 10. The van der Waals surface area contributed by atoms with Gasteiger partial charge in [-0.1, -0.05) is 60.7 Å². The minimum Gasteiger partial charge on any atom is -0.379 e. The van der Waals surface area contributed by atoms with E-state index < -0.39 is 0 Å². The Morgan fingerprint density at radius 3 is 1.56 bits per heavy atom. The highest BCUT2D eigenvalue weighted by Crippen LogP contribution is 2.35. The van der Waals surface area contributed by atoms with E-state index >= 15 is 0 Å². The van der Waals surface area contributed by atoms with Crippen LogP contribution < -0.4 is 16.4 Å². The van der Waals surface area contributed by atoms with Crippen molar-refractivity contribution in [3.63, 3.8) is 0 Å². The molecule has 6 aromatic rings. The molecule has 332 valence electrons. The third-order valence-corrected chi connectivity index (χ3v) is 12.8. The van der Waals surface area contributed by atoms with Gasteiger partial charge in [-0.15, -0.1) is 0 Å². The van der Waals surface area contributed by atoms with Crippen molar-refractivity contribution in [3.8, 4) is 22.8 Å². The molecule has 4 aliphatic rings. The lowest BCUT2D eigenvalue weighted by Crippen LogP contribution is -2.43. The van der Waals surface area contributed by atoms with E-state index in [1.165, 1.54) is 0 Å². The normalized spacial score (nSPS) is 16.8. The Bertz CT molecular complexity index is 2430. The average molecular weight is 978 g/mol. The van der Waals surface area contributed by atoms with Gasteiger partial charge in [-0.3, -0.25) is 28.8 Å². The van der Waals surface area contributed by atoms with Crippen molar-refractivity contribution in [2.45, 2.75) is 37.8 Å². The van der Waals surface area contributed by atoms with Crippen molar-refractivity contribution >= 4 is 40.4 Å². The first kappa shape index (κ1) is 43.6. The third kappa shape index (κ3) is 9.56. The van der Waals surface area contributed by atoms with Crippen LogP contribution in [-0.2, 0) is 49.3 Å². The zero-order valence-corrected chi connectivity index (χ0v) is 38.2. The second-order valence-corrected chi connectivity index (χ2v) is 17.4. The lowest BCUT2D eigenvalue weighted by molar-refractivity contribution is 0.0330. The zero-order valence-electron chi connectivity index (χ0n) is 36.0. The molecule has 2 atom stereocenters. The maximum atomic E-state index is 13.5. The fourth-order valence-electron chi connectivity index (χ4n) is 9.04. The Balaban J connectivity index is 0.000000162. The minimum absolute atomic E-state index is 0.126. The summed E-state index contributed by atoms with van der Waals surface area (Å²) in [6.07, 6.45) is 6.67. The molecule has 0 bridgehead atoms. The number of halogens is 1. The van der Waals surface area contributed by atoms with Crippen LogP contribution in [0.2, 0.25) is 0 Å². The van der Waals surface area contributed by atoms with Crippen LogP contribution in [0.25, 0.3) is 22.8 Å². The molecule has 10 rings (SSSR count). The van der Waals surface area contributed by atoms with Gasteiger partial charge in [-0.2, -0.15) is 10.2 Å². The molecule has 2 aliphatic carbocycles. The first-order valence-electron chi connectivity index (χ1n) is 21.8. The molecule has 4 aromatic heterocycles. The number of nitrogens with zero attached hydrogens (tertiary/aromatic N) is 10. The topological polar surface area (TPSA) is 196 Å². The highest BCUT2D eigenvalue weighted by atomic mass is 127. The number of ether oxygens (including phenoxy) is 2. The number of hydrogen-bond donors (Lipinski definition) is 3. The van der Waals surface area contributed by atoms with E-state index in [9.17, 15) is 9.59 Å². The van der Waals surface area contributed by atoms with Gasteiger partial charge in [0.25, 0.3) is 11.8 Å². The summed E-state index contributed by atoms with van der Waals surface area (Å²) in [7, 11) is 3.72. The van der Waals surface area contributed by atoms with E-state index in [2.05, 4.69) is 97.4 Å². The summed E-state index contributed by atoms with van der Waals surface area (Å²) in [6.45, 7) is 7.80. The van der Waals surface area contributed by atoms with Crippen molar-refractivity contribution in [2.75, 3.05) is 71.4 Å². The van der Waals surface area contributed by atoms with Gasteiger partial charge >= 0.3 is 0 Å². The molecule has 2 saturated heterocycles. The summed E-state index contributed by atoms with van der Waals surface area (Å²) >= 11 is 2.12. The largest absolute Gasteiger partial charge is 0.379 e. The molecule has 6 heterocycles. The van der Waals surface area contributed by atoms with E-state index in [0.29, 0.717) is 34.9 Å². The monoisotopic (exact) mass is 977 g/mol.